The summed E-state index contributed by atoms with van der Waals surface area (Å²) in [6, 6.07) is 0. The summed E-state index contributed by atoms with van der Waals surface area (Å²) in [6.45, 7) is 6.70. The molecular formula is C11H15N5O2. The van der Waals surface area contributed by atoms with Crippen LogP contribution in [0.15, 0.2) is 22.2 Å². The van der Waals surface area contributed by atoms with E-state index >= 15 is 0 Å². The van der Waals surface area contributed by atoms with Crippen molar-refractivity contribution in [2.24, 2.45) is 7.05 Å². The van der Waals surface area contributed by atoms with Gasteiger partial charge in [0.05, 0.1) is 0 Å². The summed E-state index contributed by atoms with van der Waals surface area (Å²) in [4.78, 5) is 29.9. The van der Waals surface area contributed by atoms with Crippen LogP contribution < -0.4 is 16.6 Å². The highest BCUT2D eigenvalue weighted by molar-refractivity contribution is 5.74. The first-order chi connectivity index (χ1) is 8.60. The summed E-state index contributed by atoms with van der Waals surface area (Å²) in [6.07, 6.45) is 1.67. The summed E-state index contributed by atoms with van der Waals surface area (Å²) in [7, 11) is 1.57. The first-order valence-corrected chi connectivity index (χ1v) is 5.64. The molecule has 0 atom stereocenters. The van der Waals surface area contributed by atoms with Crippen molar-refractivity contribution in [3.05, 3.63) is 33.5 Å². The molecule has 0 bridgehead atoms. The summed E-state index contributed by atoms with van der Waals surface area (Å²) in [5.74, 6) is 0.555. The Morgan fingerprint density at radius 3 is 2.83 bits per heavy atom. The summed E-state index contributed by atoms with van der Waals surface area (Å²) in [5, 5.41) is 3.06. The highest BCUT2D eigenvalue weighted by Crippen LogP contribution is 2.14. The van der Waals surface area contributed by atoms with Gasteiger partial charge in [-0.1, -0.05) is 6.08 Å². The highest BCUT2D eigenvalue weighted by Gasteiger charge is 2.15. The predicted octanol–water partition coefficient (Wildman–Crippen LogP) is 0.0411. The van der Waals surface area contributed by atoms with Gasteiger partial charge in [-0.05, 0) is 6.92 Å². The molecule has 0 aliphatic rings. The van der Waals surface area contributed by atoms with Gasteiger partial charge in [0.15, 0.2) is 11.2 Å². The van der Waals surface area contributed by atoms with Crippen LogP contribution in [0.5, 0.6) is 0 Å². The van der Waals surface area contributed by atoms with E-state index in [1.165, 1.54) is 4.57 Å². The van der Waals surface area contributed by atoms with Crippen LogP contribution in [0, 0.1) is 0 Å². The molecule has 96 valence electrons. The molecule has 2 aromatic heterocycles. The summed E-state index contributed by atoms with van der Waals surface area (Å²) in [5.41, 5.74) is -0.181. The molecule has 0 aromatic carbocycles. The lowest BCUT2D eigenvalue weighted by molar-refractivity contribution is 0.819. The molecule has 2 heterocycles. The largest absolute Gasteiger partial charge is 0.356 e. The Morgan fingerprint density at radius 2 is 2.22 bits per heavy atom. The third kappa shape index (κ3) is 1.73. The third-order valence-electron chi connectivity index (χ3n) is 2.65. The Kier molecular flexibility index (Phi) is 3.05. The van der Waals surface area contributed by atoms with Crippen LogP contribution in [0.1, 0.15) is 6.92 Å². The molecule has 2 N–H and O–H groups in total. The van der Waals surface area contributed by atoms with Gasteiger partial charge < -0.3 is 9.88 Å². The third-order valence-corrected chi connectivity index (χ3v) is 2.65. The van der Waals surface area contributed by atoms with Crippen LogP contribution in [0.2, 0.25) is 0 Å². The van der Waals surface area contributed by atoms with E-state index in [1.807, 2.05) is 6.92 Å². The second-order valence-corrected chi connectivity index (χ2v) is 3.86. The molecule has 0 saturated heterocycles. The standard InChI is InChI=1S/C11H15N5O2/c1-4-6-16-7-8(13-10(16)12-5-2)15(3)11(18)14-9(7)17/h4H,1,5-6H2,2-3H3,(H,12,13)(H,14,17,18). The molecule has 0 aliphatic heterocycles. The Morgan fingerprint density at radius 1 is 1.50 bits per heavy atom. The van der Waals surface area contributed by atoms with Crippen molar-refractivity contribution in [1.29, 1.82) is 0 Å². The monoisotopic (exact) mass is 249 g/mol. The van der Waals surface area contributed by atoms with E-state index in [-0.39, 0.29) is 0 Å². The molecule has 18 heavy (non-hydrogen) atoms. The second-order valence-electron chi connectivity index (χ2n) is 3.86. The maximum absolute atomic E-state index is 11.9. The zero-order chi connectivity index (χ0) is 13.3. The molecule has 0 radical (unpaired) electrons. The quantitative estimate of drug-likeness (QED) is 0.749. The number of aryl methyl sites for hydroxylation is 1. The maximum atomic E-state index is 11.9. The van der Waals surface area contributed by atoms with Gasteiger partial charge in [-0.3, -0.25) is 14.3 Å². The maximum Gasteiger partial charge on any atom is 0.329 e. The van der Waals surface area contributed by atoms with E-state index in [4.69, 9.17) is 0 Å². The topological polar surface area (TPSA) is 84.7 Å². The van der Waals surface area contributed by atoms with Crippen LogP contribution in [0.25, 0.3) is 11.2 Å². The average Bonchev–Trinajstić information content (AvgIpc) is 2.67. The van der Waals surface area contributed by atoms with E-state index < -0.39 is 11.2 Å². The van der Waals surface area contributed by atoms with Gasteiger partial charge in [0.25, 0.3) is 5.56 Å². The molecule has 7 heteroatoms. The number of allylic oxidation sites excluding steroid dienone is 1. The number of aromatic amines is 1. The van der Waals surface area contributed by atoms with Crippen LogP contribution in [-0.2, 0) is 13.6 Å². The molecule has 0 amide bonds. The van der Waals surface area contributed by atoms with Gasteiger partial charge in [-0.25, -0.2) is 4.79 Å². The van der Waals surface area contributed by atoms with Crippen LogP contribution in [0.4, 0.5) is 5.95 Å². The van der Waals surface area contributed by atoms with E-state index in [9.17, 15) is 9.59 Å². The lowest BCUT2D eigenvalue weighted by atomic mass is 10.5. The predicted molar refractivity (Wildman–Crippen MR) is 70.0 cm³/mol. The smallest absolute Gasteiger partial charge is 0.329 e. The lowest BCUT2D eigenvalue weighted by Crippen LogP contribution is -2.29. The summed E-state index contributed by atoms with van der Waals surface area (Å²) < 4.78 is 3.02. The van der Waals surface area contributed by atoms with Crippen LogP contribution >= 0.6 is 0 Å². The van der Waals surface area contributed by atoms with Crippen molar-refractivity contribution in [1.82, 2.24) is 19.1 Å². The van der Waals surface area contributed by atoms with Crippen molar-refractivity contribution in [2.75, 3.05) is 11.9 Å². The Balaban J connectivity index is 2.88. The normalized spacial score (nSPS) is 10.8. The number of anilines is 1. The number of rotatable bonds is 4. The van der Waals surface area contributed by atoms with Gasteiger partial charge in [0, 0.05) is 20.1 Å². The minimum absolute atomic E-state index is 0.363. The van der Waals surface area contributed by atoms with Crippen LogP contribution in [0.3, 0.4) is 0 Å². The molecule has 7 nitrogen and oxygen atoms in total. The van der Waals surface area contributed by atoms with Gasteiger partial charge in [-0.2, -0.15) is 4.98 Å². The summed E-state index contributed by atoms with van der Waals surface area (Å²) >= 11 is 0. The SMILES string of the molecule is C=CCn1c(NCC)nc2c1c(=O)[nH]c(=O)n2C. The lowest BCUT2D eigenvalue weighted by Gasteiger charge is -2.05. The number of aromatic nitrogens is 4. The van der Waals surface area contributed by atoms with Crippen molar-refractivity contribution in [2.45, 2.75) is 13.5 Å². The van der Waals surface area contributed by atoms with Gasteiger partial charge in [0.1, 0.15) is 0 Å². The molecule has 0 aliphatic carbocycles. The van der Waals surface area contributed by atoms with Crippen LogP contribution in [-0.4, -0.2) is 25.6 Å². The van der Waals surface area contributed by atoms with Crippen molar-refractivity contribution in [3.8, 4) is 0 Å². The van der Waals surface area contributed by atoms with Crippen molar-refractivity contribution >= 4 is 17.1 Å². The first-order valence-electron chi connectivity index (χ1n) is 5.64. The molecule has 0 fully saturated rings. The fourth-order valence-corrected chi connectivity index (χ4v) is 1.83. The van der Waals surface area contributed by atoms with E-state index in [0.29, 0.717) is 30.2 Å². The number of imidazole rings is 1. The number of H-pyrrole nitrogens is 1. The molecule has 0 saturated carbocycles. The zero-order valence-corrected chi connectivity index (χ0v) is 10.4. The first kappa shape index (κ1) is 12.2. The molecule has 0 unspecified atom stereocenters. The fourth-order valence-electron chi connectivity index (χ4n) is 1.83. The molecular weight excluding hydrogens is 234 g/mol. The molecule has 0 spiro atoms. The van der Waals surface area contributed by atoms with Crippen molar-refractivity contribution in [3.63, 3.8) is 0 Å². The Labute approximate surface area is 103 Å². The van der Waals surface area contributed by atoms with Gasteiger partial charge in [-0.15, -0.1) is 6.58 Å². The van der Waals surface area contributed by atoms with E-state index in [0.717, 1.165) is 0 Å². The fraction of sp³-hybridized carbons (Fsp3) is 0.364. The van der Waals surface area contributed by atoms with Gasteiger partial charge >= 0.3 is 5.69 Å². The number of hydrogen-bond acceptors (Lipinski definition) is 4. The second kappa shape index (κ2) is 4.52. The number of nitrogens with one attached hydrogen (secondary N) is 2. The minimum Gasteiger partial charge on any atom is -0.356 e. The number of hydrogen-bond donors (Lipinski definition) is 2. The molecule has 2 aromatic rings. The average molecular weight is 249 g/mol. The van der Waals surface area contributed by atoms with Crippen molar-refractivity contribution < 1.29 is 0 Å². The number of nitrogens with zero attached hydrogens (tertiary/aromatic N) is 3. The van der Waals surface area contributed by atoms with E-state index in [2.05, 4.69) is 21.9 Å². The number of fused-ring (bicyclic) bond motifs is 1. The van der Waals surface area contributed by atoms with Gasteiger partial charge in [0.2, 0.25) is 5.95 Å². The Bertz CT molecular complexity index is 707. The minimum atomic E-state index is -0.473. The zero-order valence-electron chi connectivity index (χ0n) is 10.4. The van der Waals surface area contributed by atoms with E-state index in [1.54, 1.807) is 17.7 Å². The highest BCUT2D eigenvalue weighted by atomic mass is 16.2. The Hall–Kier alpha value is -2.31. The molecule has 2 rings (SSSR count).